The van der Waals surface area contributed by atoms with Crippen LogP contribution in [0.25, 0.3) is 0 Å². The minimum atomic E-state index is -3.47. The molecule has 0 bridgehead atoms. The Kier molecular flexibility index (Phi) is 10.6. The van der Waals surface area contributed by atoms with Gasteiger partial charge < -0.3 is 10.2 Å². The monoisotopic (exact) mass is 629 g/mol. The Morgan fingerprint density at radius 3 is 2.02 bits per heavy atom. The van der Waals surface area contributed by atoms with Gasteiger partial charge in [0.05, 0.1) is 22.1 Å². The Bertz CT molecular complexity index is 1610. The van der Waals surface area contributed by atoms with Gasteiger partial charge in [-0.3, -0.25) is 24.4 Å². The molecule has 11 nitrogen and oxygen atoms in total. The Labute approximate surface area is 264 Å². The van der Waals surface area contributed by atoms with Crippen LogP contribution in [0.1, 0.15) is 57.3 Å². The molecule has 2 fully saturated rings. The molecule has 5 rings (SSSR count). The molecule has 0 atom stereocenters. The number of carbonyl (C=O) groups is 2. The number of piperazine rings is 1. The molecule has 3 aromatic rings. The van der Waals surface area contributed by atoms with Crippen LogP contribution in [0.4, 0.5) is 0 Å². The lowest BCUT2D eigenvalue weighted by Gasteiger charge is -2.34. The maximum Gasteiger partial charge on any atom is 0.272 e. The summed E-state index contributed by atoms with van der Waals surface area (Å²) in [5.74, 6) is -0.345. The van der Waals surface area contributed by atoms with Crippen LogP contribution in [0.2, 0.25) is 0 Å². The molecule has 1 aromatic heterocycles. The van der Waals surface area contributed by atoms with Crippen molar-refractivity contribution in [1.82, 2.24) is 29.7 Å². The van der Waals surface area contributed by atoms with Gasteiger partial charge in [-0.2, -0.15) is 5.26 Å². The first-order chi connectivity index (χ1) is 21.7. The molecular formula is C33H39N7O4S. The van der Waals surface area contributed by atoms with Crippen LogP contribution in [-0.2, 0) is 23.1 Å². The van der Waals surface area contributed by atoms with E-state index in [1.807, 2.05) is 36.4 Å². The molecule has 2 aliphatic heterocycles. The van der Waals surface area contributed by atoms with Crippen molar-refractivity contribution in [2.45, 2.75) is 43.8 Å². The van der Waals surface area contributed by atoms with E-state index in [1.54, 1.807) is 36.1 Å². The number of hydrogen-bond acceptors (Lipinski definition) is 8. The summed E-state index contributed by atoms with van der Waals surface area (Å²) >= 11 is 0. The molecule has 3 heterocycles. The maximum atomic E-state index is 13.1. The van der Waals surface area contributed by atoms with E-state index in [0.29, 0.717) is 56.1 Å². The number of likely N-dealkylation sites (tertiary alicyclic amines) is 1. The van der Waals surface area contributed by atoms with Crippen LogP contribution in [0, 0.1) is 11.3 Å². The number of nitriles is 1. The Morgan fingerprint density at radius 1 is 0.867 bits per heavy atom. The summed E-state index contributed by atoms with van der Waals surface area (Å²) in [6.45, 7) is 7.81. The summed E-state index contributed by atoms with van der Waals surface area (Å²) in [6.07, 6.45) is 3.17. The first-order valence-corrected chi connectivity index (χ1v) is 16.8. The zero-order chi connectivity index (χ0) is 31.8. The van der Waals surface area contributed by atoms with Crippen molar-refractivity contribution in [2.24, 2.45) is 0 Å². The molecule has 12 heteroatoms. The van der Waals surface area contributed by atoms with Gasteiger partial charge in [0.25, 0.3) is 11.8 Å². The predicted octanol–water partition coefficient (Wildman–Crippen LogP) is 2.60. The molecule has 45 heavy (non-hydrogen) atoms. The third-order valence-corrected chi connectivity index (χ3v) is 9.85. The highest BCUT2D eigenvalue weighted by Crippen LogP contribution is 2.17. The van der Waals surface area contributed by atoms with Gasteiger partial charge in [-0.15, -0.1) is 0 Å². The average Bonchev–Trinajstić information content (AvgIpc) is 3.06. The average molecular weight is 630 g/mol. The van der Waals surface area contributed by atoms with Crippen molar-refractivity contribution < 1.29 is 18.0 Å². The van der Waals surface area contributed by atoms with Gasteiger partial charge >= 0.3 is 0 Å². The Balaban J connectivity index is 1.04. The van der Waals surface area contributed by atoms with Gasteiger partial charge in [0, 0.05) is 71.1 Å². The quantitative estimate of drug-likeness (QED) is 0.349. The van der Waals surface area contributed by atoms with Gasteiger partial charge in [0.2, 0.25) is 10.0 Å². The summed E-state index contributed by atoms with van der Waals surface area (Å²) in [6, 6.07) is 20.0. The van der Waals surface area contributed by atoms with E-state index in [0.717, 1.165) is 38.0 Å². The molecule has 2 saturated heterocycles. The summed E-state index contributed by atoms with van der Waals surface area (Å²) in [4.78, 5) is 36.9. The number of nitrogens with one attached hydrogen (secondary N) is 2. The number of rotatable bonds is 10. The number of nitrogens with zero attached hydrogens (tertiary/aromatic N) is 5. The number of benzene rings is 2. The van der Waals surface area contributed by atoms with Crippen molar-refractivity contribution >= 4 is 21.8 Å². The van der Waals surface area contributed by atoms with E-state index in [2.05, 4.69) is 30.9 Å². The number of pyridine rings is 1. The van der Waals surface area contributed by atoms with Crippen molar-refractivity contribution in [3.8, 4) is 6.07 Å². The fourth-order valence-corrected chi connectivity index (χ4v) is 6.72. The van der Waals surface area contributed by atoms with Gasteiger partial charge in [-0.05, 0) is 60.4 Å². The molecule has 0 saturated carbocycles. The standard InChI is InChI=1S/C33H39N7O4S/c1-2-36-45(43,44)30-10-7-27(8-11-30)24-39-17-19-40(20-18-39)33(42)31-12-9-28(22-35-31)32(41)37-29-13-15-38(16-14-29)23-26-5-3-25(21-34)4-6-26/h3-12,22,29,36H,2,13-20,23-24H2,1H3,(H,37,41). The van der Waals surface area contributed by atoms with E-state index in [4.69, 9.17) is 5.26 Å². The van der Waals surface area contributed by atoms with Crippen LogP contribution in [0.15, 0.2) is 71.8 Å². The minimum Gasteiger partial charge on any atom is -0.349 e. The molecule has 0 spiro atoms. The summed E-state index contributed by atoms with van der Waals surface area (Å²) < 4.78 is 26.8. The lowest BCUT2D eigenvalue weighted by atomic mass is 10.0. The molecule has 236 valence electrons. The topological polar surface area (TPSA) is 139 Å². The van der Waals surface area contributed by atoms with Gasteiger partial charge in [0.15, 0.2) is 0 Å². The van der Waals surface area contributed by atoms with E-state index in [1.165, 1.54) is 11.8 Å². The fraction of sp³-hybridized carbons (Fsp3) is 0.394. The predicted molar refractivity (Wildman–Crippen MR) is 170 cm³/mol. The van der Waals surface area contributed by atoms with E-state index in [9.17, 15) is 18.0 Å². The molecule has 0 aliphatic carbocycles. The normalized spacial score (nSPS) is 16.7. The third-order valence-electron chi connectivity index (χ3n) is 8.29. The summed E-state index contributed by atoms with van der Waals surface area (Å²) in [7, 11) is -3.47. The molecule has 2 N–H and O–H groups in total. The fourth-order valence-electron chi connectivity index (χ4n) is 5.68. The second-order valence-corrected chi connectivity index (χ2v) is 13.2. The zero-order valence-electron chi connectivity index (χ0n) is 25.5. The van der Waals surface area contributed by atoms with Gasteiger partial charge in [-0.1, -0.05) is 31.2 Å². The van der Waals surface area contributed by atoms with Crippen molar-refractivity contribution in [3.05, 3.63) is 94.8 Å². The molecule has 2 aromatic carbocycles. The number of aromatic nitrogens is 1. The number of piperidine rings is 1. The second-order valence-electron chi connectivity index (χ2n) is 11.5. The molecular weight excluding hydrogens is 590 g/mol. The lowest BCUT2D eigenvalue weighted by Crippen LogP contribution is -2.48. The van der Waals surface area contributed by atoms with Crippen LogP contribution in [-0.4, -0.2) is 91.8 Å². The Hall–Kier alpha value is -4.15. The lowest BCUT2D eigenvalue weighted by molar-refractivity contribution is 0.0622. The highest BCUT2D eigenvalue weighted by molar-refractivity contribution is 7.89. The molecule has 0 radical (unpaired) electrons. The largest absolute Gasteiger partial charge is 0.349 e. The van der Waals surface area contributed by atoms with Crippen LogP contribution in [0.3, 0.4) is 0 Å². The maximum absolute atomic E-state index is 13.1. The number of sulfonamides is 1. The first kappa shape index (κ1) is 32.2. The van der Waals surface area contributed by atoms with Crippen molar-refractivity contribution in [2.75, 3.05) is 45.8 Å². The van der Waals surface area contributed by atoms with Crippen LogP contribution < -0.4 is 10.0 Å². The zero-order valence-corrected chi connectivity index (χ0v) is 26.3. The van der Waals surface area contributed by atoms with Crippen LogP contribution >= 0.6 is 0 Å². The third kappa shape index (κ3) is 8.52. The summed E-state index contributed by atoms with van der Waals surface area (Å²) in [5.41, 5.74) is 3.58. The summed E-state index contributed by atoms with van der Waals surface area (Å²) in [5, 5.41) is 12.1. The number of amides is 2. The van der Waals surface area contributed by atoms with E-state index >= 15 is 0 Å². The molecule has 0 unspecified atom stereocenters. The molecule has 2 aliphatic rings. The van der Waals surface area contributed by atoms with E-state index < -0.39 is 10.0 Å². The van der Waals surface area contributed by atoms with Crippen molar-refractivity contribution in [1.29, 1.82) is 5.26 Å². The smallest absolute Gasteiger partial charge is 0.272 e. The SMILES string of the molecule is CCNS(=O)(=O)c1ccc(CN2CCN(C(=O)c3ccc(C(=O)NC4CCN(Cc5ccc(C#N)cc5)CC4)cn3)CC2)cc1. The Morgan fingerprint density at radius 2 is 1.47 bits per heavy atom. The second kappa shape index (κ2) is 14.8. The van der Waals surface area contributed by atoms with E-state index in [-0.39, 0.29) is 22.8 Å². The first-order valence-electron chi connectivity index (χ1n) is 15.3. The minimum absolute atomic E-state index is 0.0800. The van der Waals surface area contributed by atoms with Gasteiger partial charge in [0.1, 0.15) is 5.69 Å². The highest BCUT2D eigenvalue weighted by atomic mass is 32.2. The van der Waals surface area contributed by atoms with Crippen molar-refractivity contribution in [3.63, 3.8) is 0 Å². The number of carbonyl (C=O) groups excluding carboxylic acids is 2. The molecule has 2 amide bonds. The highest BCUT2D eigenvalue weighted by Gasteiger charge is 2.25. The van der Waals surface area contributed by atoms with Gasteiger partial charge in [-0.25, -0.2) is 13.1 Å². The van der Waals surface area contributed by atoms with Crippen LogP contribution in [0.5, 0.6) is 0 Å². The number of hydrogen-bond donors (Lipinski definition) is 2.